The third kappa shape index (κ3) is 4.65. The molecular formula is C24H28F3N5O2. The molecule has 7 nitrogen and oxygen atoms in total. The zero-order valence-corrected chi connectivity index (χ0v) is 19.4. The molecule has 2 N–H and O–H groups in total. The smallest absolute Gasteiger partial charge is 0.298 e. The summed E-state index contributed by atoms with van der Waals surface area (Å²) in [7, 11) is 1.72. The maximum absolute atomic E-state index is 15.0. The number of hydrogen-bond donors (Lipinski definition) is 2. The highest BCUT2D eigenvalue weighted by molar-refractivity contribution is 5.92. The average molecular weight is 476 g/mol. The molecule has 1 aliphatic rings. The number of methoxy groups -OCH3 is 1. The summed E-state index contributed by atoms with van der Waals surface area (Å²) in [5, 5.41) is 21.2. The molecule has 3 heterocycles. The van der Waals surface area contributed by atoms with E-state index in [9.17, 15) is 13.2 Å². The van der Waals surface area contributed by atoms with Crippen molar-refractivity contribution in [2.24, 2.45) is 0 Å². The number of aliphatic hydroxyl groups excluding tert-OH is 1. The van der Waals surface area contributed by atoms with E-state index in [1.807, 2.05) is 6.07 Å². The summed E-state index contributed by atoms with van der Waals surface area (Å²) in [6, 6.07) is 5.02. The number of nitrogens with zero attached hydrogens (tertiary/aromatic N) is 4. The van der Waals surface area contributed by atoms with E-state index in [-0.39, 0.29) is 11.7 Å². The first kappa shape index (κ1) is 24.2. The summed E-state index contributed by atoms with van der Waals surface area (Å²) in [4.78, 5) is 6.82. The second-order valence-corrected chi connectivity index (χ2v) is 8.58. The Morgan fingerprint density at radius 3 is 2.68 bits per heavy atom. The molecule has 0 amide bonds. The Kier molecular flexibility index (Phi) is 6.90. The molecule has 0 radical (unpaired) electrons. The molecule has 0 spiro atoms. The Bertz CT molecular complexity index is 1170. The lowest BCUT2D eigenvalue weighted by Crippen LogP contribution is -2.36. The fourth-order valence-corrected chi connectivity index (χ4v) is 4.31. The number of fused-ring (bicyclic) bond motifs is 1. The molecule has 1 atom stereocenters. The maximum atomic E-state index is 15.0. The lowest BCUT2D eigenvalue weighted by Gasteiger charge is -2.32. The number of nitrogens with one attached hydrogen (secondary N) is 1. The summed E-state index contributed by atoms with van der Waals surface area (Å²) < 4.78 is 48.4. The van der Waals surface area contributed by atoms with E-state index in [4.69, 9.17) is 9.84 Å². The van der Waals surface area contributed by atoms with Crippen molar-refractivity contribution in [1.29, 1.82) is 0 Å². The number of aliphatic hydroxyl groups is 1. The number of benzene rings is 1. The third-order valence-electron chi connectivity index (χ3n) is 6.35. The molecule has 2 aromatic heterocycles. The number of aryl methyl sites for hydroxylation is 1. The molecule has 0 bridgehead atoms. The van der Waals surface area contributed by atoms with Crippen molar-refractivity contribution in [3.8, 4) is 0 Å². The van der Waals surface area contributed by atoms with Crippen LogP contribution in [0.1, 0.15) is 42.6 Å². The second kappa shape index (κ2) is 9.71. The highest BCUT2D eigenvalue weighted by atomic mass is 19.3. The highest BCUT2D eigenvalue weighted by Gasteiger charge is 2.35. The minimum Gasteiger partial charge on any atom is -0.390 e. The number of aromatic nitrogens is 3. The number of pyridine rings is 1. The van der Waals surface area contributed by atoms with Crippen LogP contribution in [0, 0.1) is 12.7 Å². The lowest BCUT2D eigenvalue weighted by atomic mass is 10.00. The molecule has 1 saturated heterocycles. The molecule has 34 heavy (non-hydrogen) atoms. The Balaban J connectivity index is 1.66. The zero-order valence-electron chi connectivity index (χ0n) is 19.4. The number of rotatable bonds is 7. The predicted molar refractivity (Wildman–Crippen MR) is 124 cm³/mol. The van der Waals surface area contributed by atoms with E-state index in [2.05, 4.69) is 25.4 Å². The van der Waals surface area contributed by atoms with Gasteiger partial charge < -0.3 is 20.1 Å². The minimum atomic E-state index is -3.68. The molecule has 0 unspecified atom stereocenters. The van der Waals surface area contributed by atoms with Crippen LogP contribution in [0.4, 0.5) is 24.7 Å². The third-order valence-corrected chi connectivity index (χ3v) is 6.35. The number of halogens is 3. The van der Waals surface area contributed by atoms with Crippen LogP contribution < -0.4 is 10.2 Å². The predicted octanol–water partition coefficient (Wildman–Crippen LogP) is 4.34. The zero-order chi connectivity index (χ0) is 24.5. The van der Waals surface area contributed by atoms with Gasteiger partial charge in [-0.1, -0.05) is 12.1 Å². The van der Waals surface area contributed by atoms with Crippen molar-refractivity contribution >= 4 is 22.4 Å². The van der Waals surface area contributed by atoms with Crippen LogP contribution in [0.3, 0.4) is 0 Å². The van der Waals surface area contributed by atoms with Crippen molar-refractivity contribution in [1.82, 2.24) is 15.2 Å². The number of ether oxygens (including phenoxy) is 1. The number of anilines is 2. The fourth-order valence-electron chi connectivity index (χ4n) is 4.31. The van der Waals surface area contributed by atoms with Crippen LogP contribution >= 0.6 is 0 Å². The van der Waals surface area contributed by atoms with Gasteiger partial charge in [-0.25, -0.2) is 4.39 Å². The largest absolute Gasteiger partial charge is 0.390 e. The summed E-state index contributed by atoms with van der Waals surface area (Å²) in [5.74, 6) is -4.36. The van der Waals surface area contributed by atoms with Crippen LogP contribution in [0.2, 0.25) is 0 Å². The summed E-state index contributed by atoms with van der Waals surface area (Å²) in [6.45, 7) is 3.65. The van der Waals surface area contributed by atoms with Crippen LogP contribution in [0.25, 0.3) is 10.9 Å². The number of hydrogen-bond acceptors (Lipinski definition) is 7. The standard InChI is InChI=1S/C24H28F3N5O2/c1-14(18-5-4-6-20(21(18)25)24(26,27)13-33)29-23-19-11-16(12-28-22(19)15(2)30-31-23)32-9-7-17(34-3)8-10-32/h4-6,11-12,14,17,33H,7-10,13H2,1-3H3,(H,29,31)/t14-/m1/s1. The number of piperidine rings is 1. The fraction of sp³-hybridized carbons (Fsp3) is 0.458. The Labute approximate surface area is 196 Å². The molecule has 4 rings (SSSR count). The van der Waals surface area contributed by atoms with Gasteiger partial charge in [-0.05, 0) is 38.8 Å². The second-order valence-electron chi connectivity index (χ2n) is 8.58. The number of alkyl halides is 2. The van der Waals surface area contributed by atoms with E-state index in [0.717, 1.165) is 37.7 Å². The van der Waals surface area contributed by atoms with Gasteiger partial charge in [0.15, 0.2) is 5.82 Å². The molecule has 0 saturated carbocycles. The van der Waals surface area contributed by atoms with Gasteiger partial charge in [-0.2, -0.15) is 13.9 Å². The first-order valence-corrected chi connectivity index (χ1v) is 11.2. The van der Waals surface area contributed by atoms with Gasteiger partial charge >= 0.3 is 0 Å². The van der Waals surface area contributed by atoms with Gasteiger partial charge in [-0.15, -0.1) is 5.10 Å². The summed E-state index contributed by atoms with van der Waals surface area (Å²) in [6.07, 6.45) is 3.88. The van der Waals surface area contributed by atoms with Crippen molar-refractivity contribution in [3.05, 3.63) is 53.1 Å². The van der Waals surface area contributed by atoms with E-state index >= 15 is 0 Å². The van der Waals surface area contributed by atoms with Crippen molar-refractivity contribution in [2.75, 3.05) is 37.0 Å². The molecule has 1 aliphatic heterocycles. The summed E-state index contributed by atoms with van der Waals surface area (Å²) in [5.41, 5.74) is 1.42. The molecule has 10 heteroatoms. The first-order chi connectivity index (χ1) is 16.2. The van der Waals surface area contributed by atoms with E-state index in [1.165, 1.54) is 12.1 Å². The van der Waals surface area contributed by atoms with Gasteiger partial charge in [0.05, 0.1) is 40.8 Å². The van der Waals surface area contributed by atoms with Crippen molar-refractivity contribution in [3.63, 3.8) is 0 Å². The molecule has 182 valence electrons. The van der Waals surface area contributed by atoms with Crippen LogP contribution in [0.5, 0.6) is 0 Å². The van der Waals surface area contributed by atoms with Crippen LogP contribution in [-0.2, 0) is 10.7 Å². The maximum Gasteiger partial charge on any atom is 0.298 e. The van der Waals surface area contributed by atoms with Crippen LogP contribution in [0.15, 0.2) is 30.5 Å². The normalized spacial score (nSPS) is 16.1. The molecule has 1 aromatic carbocycles. The Morgan fingerprint density at radius 2 is 2.00 bits per heavy atom. The monoisotopic (exact) mass is 475 g/mol. The van der Waals surface area contributed by atoms with Gasteiger partial charge in [0.1, 0.15) is 12.4 Å². The molecule has 3 aromatic rings. The van der Waals surface area contributed by atoms with Gasteiger partial charge in [0.25, 0.3) is 5.92 Å². The topological polar surface area (TPSA) is 83.4 Å². The molecule has 1 fully saturated rings. The van der Waals surface area contributed by atoms with E-state index in [1.54, 1.807) is 27.2 Å². The molecule has 0 aliphatic carbocycles. The van der Waals surface area contributed by atoms with E-state index < -0.39 is 30.0 Å². The average Bonchev–Trinajstić information content (AvgIpc) is 2.85. The quantitative estimate of drug-likeness (QED) is 0.526. The Morgan fingerprint density at radius 1 is 1.26 bits per heavy atom. The van der Waals surface area contributed by atoms with Gasteiger partial charge in [-0.3, -0.25) is 4.98 Å². The highest BCUT2D eigenvalue weighted by Crippen LogP contribution is 2.34. The van der Waals surface area contributed by atoms with Gasteiger partial charge in [0.2, 0.25) is 0 Å². The summed E-state index contributed by atoms with van der Waals surface area (Å²) >= 11 is 0. The minimum absolute atomic E-state index is 0.0342. The first-order valence-electron chi connectivity index (χ1n) is 11.2. The van der Waals surface area contributed by atoms with E-state index in [0.29, 0.717) is 22.4 Å². The van der Waals surface area contributed by atoms with Crippen molar-refractivity contribution < 1.29 is 23.0 Å². The van der Waals surface area contributed by atoms with Gasteiger partial charge in [0, 0.05) is 31.1 Å². The van der Waals surface area contributed by atoms with Crippen LogP contribution in [-0.4, -0.2) is 53.2 Å². The molecular weight excluding hydrogens is 447 g/mol. The SMILES string of the molecule is COC1CCN(c2cnc3c(C)nnc(N[C@H](C)c4cccc(C(F)(F)CO)c4F)c3c2)CC1. The Hall–Kier alpha value is -2.98. The van der Waals surface area contributed by atoms with Crippen molar-refractivity contribution in [2.45, 2.75) is 44.8 Å². The lowest BCUT2D eigenvalue weighted by molar-refractivity contribution is -0.0583.